The highest BCUT2D eigenvalue weighted by Crippen LogP contribution is 2.36. The van der Waals surface area contributed by atoms with Gasteiger partial charge in [-0.3, -0.25) is 0 Å². The minimum atomic E-state index is -0.294. The lowest BCUT2D eigenvalue weighted by molar-refractivity contribution is -0.139. The van der Waals surface area contributed by atoms with Gasteiger partial charge in [-0.25, -0.2) is 4.79 Å². The Morgan fingerprint density at radius 1 is 1.14 bits per heavy atom. The largest absolute Gasteiger partial charge is 0.466 e. The molecule has 4 heteroatoms. The first-order valence-corrected chi connectivity index (χ1v) is 10.3. The van der Waals surface area contributed by atoms with E-state index < -0.39 is 0 Å². The Kier molecular flexibility index (Phi) is 5.67. The molecule has 28 heavy (non-hydrogen) atoms. The summed E-state index contributed by atoms with van der Waals surface area (Å²) in [7, 11) is 1.44. The van der Waals surface area contributed by atoms with Gasteiger partial charge in [0.1, 0.15) is 0 Å². The van der Waals surface area contributed by atoms with Crippen LogP contribution in [0.25, 0.3) is 10.8 Å². The summed E-state index contributed by atoms with van der Waals surface area (Å²) in [5.41, 5.74) is 2.85. The first kappa shape index (κ1) is 19.0. The van der Waals surface area contributed by atoms with E-state index in [-0.39, 0.29) is 18.2 Å². The fraction of sp³-hybridized carbons (Fsp3) is 0.458. The van der Waals surface area contributed by atoms with Gasteiger partial charge in [-0.05, 0) is 42.0 Å². The average molecular weight is 380 g/mol. The molecular weight excluding hydrogens is 350 g/mol. The third-order valence-electron chi connectivity index (χ3n) is 6.22. The van der Waals surface area contributed by atoms with Crippen molar-refractivity contribution in [1.82, 2.24) is 5.32 Å². The topological polar surface area (TPSA) is 47.6 Å². The normalized spacial score (nSPS) is 23.2. The van der Waals surface area contributed by atoms with Crippen molar-refractivity contribution in [3.8, 4) is 0 Å². The molecule has 0 unspecified atom stereocenters. The van der Waals surface area contributed by atoms with Gasteiger partial charge in [0.2, 0.25) is 0 Å². The molecule has 1 aliphatic heterocycles. The van der Waals surface area contributed by atoms with Crippen LogP contribution in [0.2, 0.25) is 0 Å². The van der Waals surface area contributed by atoms with E-state index in [9.17, 15) is 4.79 Å². The van der Waals surface area contributed by atoms with Gasteiger partial charge in [0.25, 0.3) is 0 Å². The van der Waals surface area contributed by atoms with E-state index in [2.05, 4.69) is 47.8 Å². The van der Waals surface area contributed by atoms with Crippen molar-refractivity contribution in [2.45, 2.75) is 57.8 Å². The van der Waals surface area contributed by atoms with E-state index in [1.165, 1.54) is 49.1 Å². The summed E-state index contributed by atoms with van der Waals surface area (Å²) in [6.07, 6.45) is 5.70. The molecule has 2 aromatic carbocycles. The molecule has 1 heterocycles. The Morgan fingerprint density at radius 2 is 1.89 bits per heavy atom. The fourth-order valence-corrected chi connectivity index (χ4v) is 4.76. The number of carbonyl (C=O) groups is 1. The SMILES string of the molecule is COC(=O)C1=C(NCc2cccc3ccccc23)C[C@@H](C2CCCC2)O[C@H]1C. The molecule has 2 aliphatic rings. The van der Waals surface area contributed by atoms with Crippen molar-refractivity contribution < 1.29 is 14.3 Å². The molecule has 0 amide bonds. The lowest BCUT2D eigenvalue weighted by atomic mass is 9.91. The maximum Gasteiger partial charge on any atom is 0.338 e. The number of methoxy groups -OCH3 is 1. The third kappa shape index (κ3) is 3.79. The van der Waals surface area contributed by atoms with E-state index in [1.807, 2.05) is 6.92 Å². The van der Waals surface area contributed by atoms with E-state index in [0.717, 1.165) is 12.1 Å². The number of fused-ring (bicyclic) bond motifs is 1. The van der Waals surface area contributed by atoms with Crippen LogP contribution in [0.5, 0.6) is 0 Å². The molecule has 0 radical (unpaired) electrons. The van der Waals surface area contributed by atoms with Crippen molar-refractivity contribution >= 4 is 16.7 Å². The van der Waals surface area contributed by atoms with E-state index in [0.29, 0.717) is 18.0 Å². The fourth-order valence-electron chi connectivity index (χ4n) is 4.76. The Bertz CT molecular complexity index is 877. The monoisotopic (exact) mass is 379 g/mol. The highest BCUT2D eigenvalue weighted by molar-refractivity contribution is 5.90. The number of ether oxygens (including phenoxy) is 2. The molecule has 1 N–H and O–H groups in total. The second-order valence-corrected chi connectivity index (χ2v) is 7.94. The lowest BCUT2D eigenvalue weighted by Gasteiger charge is -2.35. The third-order valence-corrected chi connectivity index (χ3v) is 6.22. The number of hydrogen-bond acceptors (Lipinski definition) is 4. The van der Waals surface area contributed by atoms with E-state index in [1.54, 1.807) is 0 Å². The standard InChI is InChI=1S/C24H29NO3/c1-16-23(24(26)27-2)21(14-22(28-16)18-9-3-4-10-18)25-15-19-12-7-11-17-8-5-6-13-20(17)19/h5-8,11-13,16,18,22,25H,3-4,9-10,14-15H2,1-2H3/t16-,22-/m0/s1. The summed E-state index contributed by atoms with van der Waals surface area (Å²) < 4.78 is 11.3. The minimum absolute atomic E-state index is 0.181. The Balaban J connectivity index is 1.60. The zero-order valence-corrected chi connectivity index (χ0v) is 16.7. The lowest BCUT2D eigenvalue weighted by Crippen LogP contribution is -2.39. The van der Waals surface area contributed by atoms with Crippen molar-refractivity contribution in [2.75, 3.05) is 7.11 Å². The highest BCUT2D eigenvalue weighted by atomic mass is 16.5. The maximum atomic E-state index is 12.4. The predicted molar refractivity (Wildman–Crippen MR) is 111 cm³/mol. The zero-order valence-electron chi connectivity index (χ0n) is 16.7. The van der Waals surface area contributed by atoms with Crippen LogP contribution in [-0.2, 0) is 20.8 Å². The molecular formula is C24H29NO3. The van der Waals surface area contributed by atoms with Crippen LogP contribution in [0.1, 0.15) is 44.6 Å². The van der Waals surface area contributed by atoms with Crippen LogP contribution in [0, 0.1) is 5.92 Å². The summed E-state index contributed by atoms with van der Waals surface area (Å²) in [4.78, 5) is 12.4. The van der Waals surface area contributed by atoms with Gasteiger partial charge in [-0.1, -0.05) is 55.3 Å². The van der Waals surface area contributed by atoms with Crippen LogP contribution < -0.4 is 5.32 Å². The molecule has 1 fully saturated rings. The Morgan fingerprint density at radius 3 is 2.68 bits per heavy atom. The summed E-state index contributed by atoms with van der Waals surface area (Å²) in [5, 5.41) is 6.05. The van der Waals surface area contributed by atoms with Gasteiger partial charge in [0.05, 0.1) is 24.9 Å². The van der Waals surface area contributed by atoms with Crippen molar-refractivity contribution in [3.05, 3.63) is 59.3 Å². The number of nitrogens with one attached hydrogen (secondary N) is 1. The summed E-state index contributed by atoms with van der Waals surface area (Å²) in [6, 6.07) is 14.8. The number of hydrogen-bond donors (Lipinski definition) is 1. The molecule has 148 valence electrons. The van der Waals surface area contributed by atoms with E-state index >= 15 is 0 Å². The van der Waals surface area contributed by atoms with Crippen molar-refractivity contribution in [1.29, 1.82) is 0 Å². The second kappa shape index (κ2) is 8.36. The number of esters is 1. The molecule has 0 bridgehead atoms. The first-order chi connectivity index (χ1) is 13.7. The molecule has 0 spiro atoms. The first-order valence-electron chi connectivity index (χ1n) is 10.3. The van der Waals surface area contributed by atoms with Crippen molar-refractivity contribution in [3.63, 3.8) is 0 Å². The molecule has 4 nitrogen and oxygen atoms in total. The average Bonchev–Trinajstić information content (AvgIpc) is 3.26. The molecule has 0 saturated heterocycles. The maximum absolute atomic E-state index is 12.4. The van der Waals surface area contributed by atoms with Gasteiger partial charge in [0.15, 0.2) is 0 Å². The van der Waals surface area contributed by atoms with Crippen molar-refractivity contribution in [2.24, 2.45) is 5.92 Å². The smallest absolute Gasteiger partial charge is 0.338 e. The number of carbonyl (C=O) groups excluding carboxylic acids is 1. The van der Waals surface area contributed by atoms with Gasteiger partial charge in [0, 0.05) is 18.7 Å². The van der Waals surface area contributed by atoms with Gasteiger partial charge in [-0.15, -0.1) is 0 Å². The number of benzene rings is 2. The Hall–Kier alpha value is -2.33. The molecule has 1 aliphatic carbocycles. The quantitative estimate of drug-likeness (QED) is 0.764. The predicted octanol–water partition coefficient (Wildman–Crippen LogP) is 4.72. The number of rotatable bonds is 5. The van der Waals surface area contributed by atoms with Gasteiger partial charge >= 0.3 is 5.97 Å². The minimum Gasteiger partial charge on any atom is -0.466 e. The van der Waals surface area contributed by atoms with Crippen LogP contribution in [0.3, 0.4) is 0 Å². The zero-order chi connectivity index (χ0) is 19.5. The van der Waals surface area contributed by atoms with E-state index in [4.69, 9.17) is 9.47 Å². The van der Waals surface area contributed by atoms with Crippen LogP contribution in [-0.4, -0.2) is 25.3 Å². The molecule has 2 atom stereocenters. The molecule has 2 aromatic rings. The van der Waals surface area contributed by atoms with Gasteiger partial charge in [-0.2, -0.15) is 0 Å². The second-order valence-electron chi connectivity index (χ2n) is 7.94. The summed E-state index contributed by atoms with van der Waals surface area (Å²) >= 11 is 0. The summed E-state index contributed by atoms with van der Waals surface area (Å²) in [5.74, 6) is 0.300. The molecule has 1 saturated carbocycles. The Labute approximate surface area is 166 Å². The molecule has 4 rings (SSSR count). The van der Waals surface area contributed by atoms with Gasteiger partial charge < -0.3 is 14.8 Å². The highest BCUT2D eigenvalue weighted by Gasteiger charge is 2.36. The van der Waals surface area contributed by atoms with Crippen LogP contribution in [0.4, 0.5) is 0 Å². The summed E-state index contributed by atoms with van der Waals surface area (Å²) in [6.45, 7) is 2.65. The van der Waals surface area contributed by atoms with Crippen LogP contribution >= 0.6 is 0 Å². The van der Waals surface area contributed by atoms with Crippen LogP contribution in [0.15, 0.2) is 53.7 Å². The molecule has 0 aromatic heterocycles.